The van der Waals surface area contributed by atoms with Crippen LogP contribution >= 0.6 is 11.3 Å². The molecule has 2 saturated heterocycles. The average Bonchev–Trinajstić information content (AvgIpc) is 3.05. The van der Waals surface area contributed by atoms with Crippen LogP contribution in [-0.2, 0) is 21.4 Å². The maximum absolute atomic E-state index is 13.6. The first-order valence-electron chi connectivity index (χ1n) is 10.5. The van der Waals surface area contributed by atoms with E-state index in [-0.39, 0.29) is 35.6 Å². The van der Waals surface area contributed by atoms with E-state index in [2.05, 4.69) is 20.4 Å². The van der Waals surface area contributed by atoms with Crippen LogP contribution in [0, 0.1) is 35.5 Å². The van der Waals surface area contributed by atoms with Crippen molar-refractivity contribution in [2.24, 2.45) is 28.6 Å². The normalized spacial score (nSPS) is 51.6. The fraction of sp³-hybridized carbons (Fsp3) is 0.727. The summed E-state index contributed by atoms with van der Waals surface area (Å²) >= 11 is 1.66. The van der Waals surface area contributed by atoms with Crippen LogP contribution in [0.4, 0.5) is 0 Å². The zero-order chi connectivity index (χ0) is 20.7. The molecule has 0 amide bonds. The SMILES string of the molecule is C=C1C(=O)[C@]23[C@H](O)[C@H]1CC[C@H]2[C@@]12CO[C@@]3(O)[C@@H](O)[C@@H]1C(C)(C)Cc1sc(C)nc12. The molecule has 0 unspecified atom stereocenters. The lowest BCUT2D eigenvalue weighted by atomic mass is 9.36. The zero-order valence-electron chi connectivity index (χ0n) is 16.9. The molecule has 156 valence electrons. The molecule has 0 radical (unpaired) electrons. The summed E-state index contributed by atoms with van der Waals surface area (Å²) in [7, 11) is 0. The molecule has 2 aliphatic heterocycles. The maximum Gasteiger partial charge on any atom is 0.208 e. The number of ketones is 1. The number of ether oxygens (including phenoxy) is 1. The highest BCUT2D eigenvalue weighted by Crippen LogP contribution is 2.75. The van der Waals surface area contributed by atoms with Crippen LogP contribution in [0.1, 0.15) is 42.3 Å². The molecule has 5 fully saturated rings. The van der Waals surface area contributed by atoms with Crippen molar-refractivity contribution >= 4 is 17.1 Å². The molecule has 8 atom stereocenters. The van der Waals surface area contributed by atoms with Crippen molar-refractivity contribution in [1.29, 1.82) is 0 Å². The quantitative estimate of drug-likeness (QED) is 0.553. The molecule has 7 rings (SSSR count). The van der Waals surface area contributed by atoms with Gasteiger partial charge >= 0.3 is 0 Å². The van der Waals surface area contributed by atoms with Crippen molar-refractivity contribution in [3.63, 3.8) is 0 Å². The van der Waals surface area contributed by atoms with Gasteiger partial charge in [0, 0.05) is 22.1 Å². The van der Waals surface area contributed by atoms with Gasteiger partial charge in [0.05, 0.1) is 23.4 Å². The minimum Gasteiger partial charge on any atom is -0.391 e. The van der Waals surface area contributed by atoms with Gasteiger partial charge < -0.3 is 20.1 Å². The van der Waals surface area contributed by atoms with Gasteiger partial charge in [0.2, 0.25) is 5.79 Å². The molecule has 4 aliphatic carbocycles. The van der Waals surface area contributed by atoms with Crippen molar-refractivity contribution in [2.45, 2.75) is 63.4 Å². The second-order valence-electron chi connectivity index (χ2n) is 10.5. The molecule has 3 saturated carbocycles. The molecule has 3 heterocycles. The first-order valence-corrected chi connectivity index (χ1v) is 11.3. The number of carbonyl (C=O) groups excluding carboxylic acids is 1. The number of aromatic nitrogens is 1. The standard InChI is InChI=1S/C22H27NO5S/c1-9-11-5-6-13-20-8-28-22(27,21(13,16(9)24)17(11)25)18(26)14(20)19(3,4)7-12-15(20)23-10(2)29-12/h11,13-14,17-18,25-27H,1,5-8H2,2-4H3/t11-,13-,14+,17+,18-,20-,21-,22-/m0/s1. The molecular formula is C22H27NO5S. The lowest BCUT2D eigenvalue weighted by Crippen LogP contribution is -2.85. The minimum absolute atomic E-state index is 0.203. The van der Waals surface area contributed by atoms with Crippen molar-refractivity contribution in [2.75, 3.05) is 6.61 Å². The van der Waals surface area contributed by atoms with Crippen LogP contribution < -0.4 is 0 Å². The van der Waals surface area contributed by atoms with Crippen molar-refractivity contribution in [3.8, 4) is 0 Å². The number of carbonyl (C=O) groups is 1. The number of rotatable bonds is 0. The molecule has 4 bridgehead atoms. The van der Waals surface area contributed by atoms with Crippen LogP contribution in [0.25, 0.3) is 0 Å². The Kier molecular flexibility index (Phi) is 3.23. The molecule has 1 aromatic heterocycles. The minimum atomic E-state index is -2.11. The molecule has 29 heavy (non-hydrogen) atoms. The van der Waals surface area contributed by atoms with Gasteiger partial charge in [0.1, 0.15) is 11.5 Å². The first-order chi connectivity index (χ1) is 13.5. The largest absolute Gasteiger partial charge is 0.391 e. The van der Waals surface area contributed by atoms with Gasteiger partial charge in [-0.25, -0.2) is 4.98 Å². The number of Topliss-reactive ketones (excluding diaryl/α,β-unsaturated/α-hetero) is 1. The highest BCUT2D eigenvalue weighted by molar-refractivity contribution is 7.11. The fourth-order valence-electron chi connectivity index (χ4n) is 8.21. The summed E-state index contributed by atoms with van der Waals surface area (Å²) in [5, 5.41) is 35.7. The molecule has 0 aromatic carbocycles. The third-order valence-corrected chi connectivity index (χ3v) is 9.97. The highest BCUT2D eigenvalue weighted by Gasteiger charge is 2.86. The second kappa shape index (κ2) is 5.02. The summed E-state index contributed by atoms with van der Waals surface area (Å²) in [6.07, 6.45) is -0.308. The van der Waals surface area contributed by atoms with E-state index in [9.17, 15) is 20.1 Å². The van der Waals surface area contributed by atoms with Gasteiger partial charge in [0.25, 0.3) is 0 Å². The Labute approximate surface area is 173 Å². The Hall–Kier alpha value is -1.12. The summed E-state index contributed by atoms with van der Waals surface area (Å²) in [5.41, 5.74) is -1.34. The van der Waals surface area contributed by atoms with E-state index in [1.165, 1.54) is 4.88 Å². The van der Waals surface area contributed by atoms with E-state index in [0.29, 0.717) is 18.4 Å². The monoisotopic (exact) mass is 417 g/mol. The number of aliphatic hydroxyl groups is 3. The summed E-state index contributed by atoms with van der Waals surface area (Å²) in [6.45, 7) is 10.4. The zero-order valence-corrected chi connectivity index (χ0v) is 17.8. The topological polar surface area (TPSA) is 99.9 Å². The summed E-state index contributed by atoms with van der Waals surface area (Å²) in [4.78, 5) is 19.7. The van der Waals surface area contributed by atoms with Crippen LogP contribution in [0.5, 0.6) is 0 Å². The number of hydrogen-bond acceptors (Lipinski definition) is 7. The van der Waals surface area contributed by atoms with E-state index >= 15 is 0 Å². The predicted octanol–water partition coefficient (Wildman–Crippen LogP) is 1.49. The van der Waals surface area contributed by atoms with Crippen LogP contribution in [0.2, 0.25) is 0 Å². The van der Waals surface area contributed by atoms with Gasteiger partial charge in [-0.1, -0.05) is 20.4 Å². The lowest BCUT2D eigenvalue weighted by molar-refractivity contribution is -0.429. The van der Waals surface area contributed by atoms with E-state index in [1.807, 2.05) is 6.92 Å². The van der Waals surface area contributed by atoms with Crippen molar-refractivity contribution in [3.05, 3.63) is 27.7 Å². The summed E-state index contributed by atoms with van der Waals surface area (Å²) in [6, 6.07) is 0. The Morgan fingerprint density at radius 3 is 2.69 bits per heavy atom. The number of fused-ring (bicyclic) bond motifs is 3. The Morgan fingerprint density at radius 2 is 1.97 bits per heavy atom. The molecular weight excluding hydrogens is 390 g/mol. The number of aliphatic hydroxyl groups excluding tert-OH is 2. The molecule has 6 aliphatic rings. The van der Waals surface area contributed by atoms with Crippen molar-refractivity contribution in [1.82, 2.24) is 4.98 Å². The summed E-state index contributed by atoms with van der Waals surface area (Å²) < 4.78 is 6.02. The molecule has 1 aromatic rings. The van der Waals surface area contributed by atoms with E-state index in [4.69, 9.17) is 9.72 Å². The van der Waals surface area contributed by atoms with E-state index in [0.717, 1.165) is 17.1 Å². The maximum atomic E-state index is 13.6. The highest BCUT2D eigenvalue weighted by atomic mass is 32.1. The fourth-order valence-corrected chi connectivity index (χ4v) is 9.48. The molecule has 3 N–H and O–H groups in total. The predicted molar refractivity (Wildman–Crippen MR) is 105 cm³/mol. The number of thiazole rings is 1. The van der Waals surface area contributed by atoms with Gasteiger partial charge in [-0.2, -0.15) is 0 Å². The van der Waals surface area contributed by atoms with E-state index in [1.54, 1.807) is 11.3 Å². The Balaban J connectivity index is 1.71. The Morgan fingerprint density at radius 1 is 1.24 bits per heavy atom. The second-order valence-corrected chi connectivity index (χ2v) is 11.8. The average molecular weight is 418 g/mol. The van der Waals surface area contributed by atoms with E-state index < -0.39 is 28.8 Å². The lowest BCUT2D eigenvalue weighted by Gasteiger charge is -2.73. The van der Waals surface area contributed by atoms with Gasteiger partial charge in [0.15, 0.2) is 5.78 Å². The smallest absolute Gasteiger partial charge is 0.208 e. The summed E-state index contributed by atoms with van der Waals surface area (Å²) in [5.74, 6) is -3.50. The number of nitrogens with zero attached hydrogens (tertiary/aromatic N) is 1. The number of aryl methyl sites for hydroxylation is 1. The first kappa shape index (κ1) is 18.6. The number of hydrogen-bond donors (Lipinski definition) is 3. The van der Waals surface area contributed by atoms with Gasteiger partial charge in [-0.05, 0) is 43.1 Å². The van der Waals surface area contributed by atoms with Crippen LogP contribution in [0.15, 0.2) is 12.2 Å². The molecule has 7 heteroatoms. The Bertz CT molecular complexity index is 986. The molecule has 6 nitrogen and oxygen atoms in total. The van der Waals surface area contributed by atoms with Gasteiger partial charge in [-0.15, -0.1) is 11.3 Å². The third-order valence-electron chi connectivity index (χ3n) is 9.00. The van der Waals surface area contributed by atoms with Crippen LogP contribution in [0.3, 0.4) is 0 Å². The molecule has 2 spiro atoms. The third kappa shape index (κ3) is 1.64. The van der Waals surface area contributed by atoms with Gasteiger partial charge in [-0.3, -0.25) is 4.79 Å². The van der Waals surface area contributed by atoms with Crippen molar-refractivity contribution < 1.29 is 24.9 Å². The van der Waals surface area contributed by atoms with Crippen LogP contribution in [-0.4, -0.2) is 50.7 Å².